The van der Waals surface area contributed by atoms with E-state index in [9.17, 15) is 4.79 Å². The third-order valence-corrected chi connectivity index (χ3v) is 4.87. The van der Waals surface area contributed by atoms with E-state index in [2.05, 4.69) is 5.32 Å². The lowest BCUT2D eigenvalue weighted by Crippen LogP contribution is -2.42. The number of likely N-dealkylation sites (tertiary alicyclic amines) is 1. The molecule has 24 heavy (non-hydrogen) atoms. The van der Waals surface area contributed by atoms with Gasteiger partial charge in [-0.25, -0.2) is 0 Å². The minimum absolute atomic E-state index is 0. The normalized spacial score (nSPS) is 17.3. The molecule has 0 spiro atoms. The van der Waals surface area contributed by atoms with E-state index in [1.807, 2.05) is 11.9 Å². The van der Waals surface area contributed by atoms with Gasteiger partial charge >= 0.3 is 0 Å². The van der Waals surface area contributed by atoms with Crippen LogP contribution < -0.4 is 10.1 Å². The van der Waals surface area contributed by atoms with Crippen molar-refractivity contribution in [1.82, 2.24) is 10.2 Å². The van der Waals surface area contributed by atoms with Crippen LogP contribution in [0.4, 0.5) is 0 Å². The van der Waals surface area contributed by atoms with Crippen LogP contribution in [0.1, 0.15) is 25.7 Å². The molecule has 4 nitrogen and oxygen atoms in total. The number of rotatable bonds is 7. The Morgan fingerprint density at radius 1 is 1.42 bits per heavy atom. The lowest BCUT2D eigenvalue weighted by atomic mass is 9.97. The summed E-state index contributed by atoms with van der Waals surface area (Å²) in [5.74, 6) is 1.35. The average Bonchev–Trinajstić information content (AvgIpc) is 2.55. The second-order valence-electron chi connectivity index (χ2n) is 5.91. The summed E-state index contributed by atoms with van der Waals surface area (Å²) in [5.41, 5.74) is 0. The van der Waals surface area contributed by atoms with Crippen LogP contribution in [0, 0.1) is 5.92 Å². The van der Waals surface area contributed by atoms with Crippen LogP contribution in [0.15, 0.2) is 18.2 Å². The highest BCUT2D eigenvalue weighted by molar-refractivity contribution is 6.42. The number of hydrogen-bond donors (Lipinski definition) is 1. The van der Waals surface area contributed by atoms with Crippen molar-refractivity contribution in [3.63, 3.8) is 0 Å². The van der Waals surface area contributed by atoms with Crippen LogP contribution in [-0.2, 0) is 4.79 Å². The van der Waals surface area contributed by atoms with Gasteiger partial charge in [-0.15, -0.1) is 12.4 Å². The standard InChI is InChI=1S/C17H24Cl2N2O2.ClH/c1-20-11-13-5-3-9-21(12-13)16(22)8-4-10-23-15-7-2-6-14(18)17(15)19;/h2,6-7,13,20H,3-5,8-12H2,1H3;1H. The summed E-state index contributed by atoms with van der Waals surface area (Å²) < 4.78 is 5.62. The Balaban J connectivity index is 0.00000288. The Morgan fingerprint density at radius 2 is 2.21 bits per heavy atom. The van der Waals surface area contributed by atoms with Gasteiger partial charge in [0.25, 0.3) is 0 Å². The van der Waals surface area contributed by atoms with Crippen LogP contribution in [0.5, 0.6) is 5.75 Å². The summed E-state index contributed by atoms with van der Waals surface area (Å²) in [6.45, 7) is 3.17. The molecule has 0 radical (unpaired) electrons. The Kier molecular flexibility index (Phi) is 9.82. The van der Waals surface area contributed by atoms with Gasteiger partial charge in [-0.1, -0.05) is 29.3 Å². The summed E-state index contributed by atoms with van der Waals surface area (Å²) in [4.78, 5) is 14.3. The number of amides is 1. The lowest BCUT2D eigenvalue weighted by molar-refractivity contribution is -0.133. The van der Waals surface area contributed by atoms with Gasteiger partial charge in [0.05, 0.1) is 11.6 Å². The summed E-state index contributed by atoms with van der Waals surface area (Å²) >= 11 is 12.0. The molecular formula is C17H25Cl3N2O2. The molecule has 1 N–H and O–H groups in total. The maximum Gasteiger partial charge on any atom is 0.222 e. The quantitative estimate of drug-likeness (QED) is 0.709. The van der Waals surface area contributed by atoms with Gasteiger partial charge in [-0.2, -0.15) is 0 Å². The molecule has 2 rings (SSSR count). The molecule has 136 valence electrons. The highest BCUT2D eigenvalue weighted by atomic mass is 35.5. The first kappa shape index (κ1) is 21.4. The number of nitrogens with zero attached hydrogens (tertiary/aromatic N) is 1. The van der Waals surface area contributed by atoms with E-state index < -0.39 is 0 Å². The van der Waals surface area contributed by atoms with E-state index in [0.29, 0.717) is 41.2 Å². The molecule has 1 amide bonds. The molecule has 1 aliphatic rings. The maximum atomic E-state index is 12.3. The van der Waals surface area contributed by atoms with E-state index in [1.165, 1.54) is 6.42 Å². The lowest BCUT2D eigenvalue weighted by Gasteiger charge is -2.32. The average molecular weight is 396 g/mol. The Hall–Kier alpha value is -0.680. The second-order valence-corrected chi connectivity index (χ2v) is 6.69. The minimum atomic E-state index is 0. The molecule has 7 heteroatoms. The molecule has 1 saturated heterocycles. The molecule has 1 aromatic rings. The highest BCUT2D eigenvalue weighted by Gasteiger charge is 2.22. The van der Waals surface area contributed by atoms with Crippen molar-refractivity contribution in [2.45, 2.75) is 25.7 Å². The predicted octanol–water partition coefficient (Wildman–Crippen LogP) is 4.03. The second kappa shape index (κ2) is 11.0. The molecule has 0 aliphatic carbocycles. The SMILES string of the molecule is CNCC1CCCN(C(=O)CCCOc2cccc(Cl)c2Cl)C1.Cl. The van der Waals surface area contributed by atoms with Crippen molar-refractivity contribution >= 4 is 41.5 Å². The number of piperidine rings is 1. The summed E-state index contributed by atoms with van der Waals surface area (Å²) in [7, 11) is 1.96. The number of nitrogens with one attached hydrogen (secondary N) is 1. The van der Waals surface area contributed by atoms with Crippen molar-refractivity contribution in [3.8, 4) is 5.75 Å². The van der Waals surface area contributed by atoms with E-state index in [4.69, 9.17) is 27.9 Å². The molecule has 0 aromatic heterocycles. The van der Waals surface area contributed by atoms with Crippen LogP contribution >= 0.6 is 35.6 Å². The number of ether oxygens (including phenoxy) is 1. The third kappa shape index (κ3) is 6.32. The van der Waals surface area contributed by atoms with Gasteiger partial charge < -0.3 is 15.0 Å². The van der Waals surface area contributed by atoms with Crippen molar-refractivity contribution in [1.29, 1.82) is 0 Å². The zero-order valence-corrected chi connectivity index (χ0v) is 16.2. The van der Waals surface area contributed by atoms with Gasteiger partial charge in [0.1, 0.15) is 10.8 Å². The Morgan fingerprint density at radius 3 is 2.96 bits per heavy atom. The zero-order valence-electron chi connectivity index (χ0n) is 13.9. The van der Waals surface area contributed by atoms with Crippen molar-refractivity contribution in [3.05, 3.63) is 28.2 Å². The fourth-order valence-corrected chi connectivity index (χ4v) is 3.25. The molecule has 1 aliphatic heterocycles. The Labute approximate surface area is 160 Å². The number of benzene rings is 1. The minimum Gasteiger partial charge on any atom is -0.492 e. The molecule has 1 heterocycles. The van der Waals surface area contributed by atoms with Gasteiger partial charge in [0.15, 0.2) is 0 Å². The topological polar surface area (TPSA) is 41.6 Å². The van der Waals surface area contributed by atoms with E-state index >= 15 is 0 Å². The molecule has 0 saturated carbocycles. The fourth-order valence-electron chi connectivity index (χ4n) is 2.91. The molecule has 1 fully saturated rings. The first-order valence-electron chi connectivity index (χ1n) is 8.11. The summed E-state index contributed by atoms with van der Waals surface area (Å²) in [6, 6.07) is 5.30. The van der Waals surface area contributed by atoms with E-state index in [1.54, 1.807) is 18.2 Å². The summed E-state index contributed by atoms with van der Waals surface area (Å²) in [6.07, 6.45) is 3.47. The van der Waals surface area contributed by atoms with Crippen molar-refractivity contribution in [2.75, 3.05) is 33.3 Å². The monoisotopic (exact) mass is 394 g/mol. The van der Waals surface area contributed by atoms with Crippen molar-refractivity contribution < 1.29 is 9.53 Å². The van der Waals surface area contributed by atoms with Crippen LogP contribution in [-0.4, -0.2) is 44.1 Å². The van der Waals surface area contributed by atoms with Gasteiger partial charge in [0, 0.05) is 19.5 Å². The number of carbonyl (C=O) groups excluding carboxylic acids is 1. The third-order valence-electron chi connectivity index (χ3n) is 4.07. The number of halogens is 3. The predicted molar refractivity (Wildman–Crippen MR) is 102 cm³/mol. The molecule has 1 atom stereocenters. The first-order valence-corrected chi connectivity index (χ1v) is 8.86. The van der Waals surface area contributed by atoms with E-state index in [-0.39, 0.29) is 18.3 Å². The van der Waals surface area contributed by atoms with Crippen LogP contribution in [0.2, 0.25) is 10.0 Å². The first-order chi connectivity index (χ1) is 11.1. The molecule has 1 aromatic carbocycles. The maximum absolute atomic E-state index is 12.3. The molecular weight excluding hydrogens is 371 g/mol. The largest absolute Gasteiger partial charge is 0.492 e. The molecule has 0 bridgehead atoms. The smallest absolute Gasteiger partial charge is 0.222 e. The highest BCUT2D eigenvalue weighted by Crippen LogP contribution is 2.31. The van der Waals surface area contributed by atoms with Gasteiger partial charge in [-0.3, -0.25) is 4.79 Å². The molecule has 1 unspecified atom stereocenters. The Bertz CT molecular complexity index is 527. The zero-order chi connectivity index (χ0) is 16.7. The summed E-state index contributed by atoms with van der Waals surface area (Å²) in [5, 5.41) is 4.09. The fraction of sp³-hybridized carbons (Fsp3) is 0.588. The van der Waals surface area contributed by atoms with Crippen molar-refractivity contribution in [2.24, 2.45) is 5.92 Å². The van der Waals surface area contributed by atoms with E-state index in [0.717, 1.165) is 26.1 Å². The van der Waals surface area contributed by atoms with Gasteiger partial charge in [-0.05, 0) is 50.9 Å². The number of carbonyl (C=O) groups is 1. The van der Waals surface area contributed by atoms with Crippen LogP contribution in [0.3, 0.4) is 0 Å². The van der Waals surface area contributed by atoms with Crippen LogP contribution in [0.25, 0.3) is 0 Å². The number of hydrogen-bond acceptors (Lipinski definition) is 3. The van der Waals surface area contributed by atoms with Gasteiger partial charge in [0.2, 0.25) is 5.91 Å².